The third-order valence-electron chi connectivity index (χ3n) is 3.57. The molecule has 2 rings (SSSR count). The van der Waals surface area contributed by atoms with E-state index >= 15 is 0 Å². The Morgan fingerprint density at radius 2 is 2.10 bits per heavy atom. The molecule has 1 spiro atoms. The number of halogens is 3. The highest BCUT2D eigenvalue weighted by Gasteiger charge is 2.57. The second-order valence-electron chi connectivity index (χ2n) is 5.20. The largest absolute Gasteiger partial charge is 0.490 e. The van der Waals surface area contributed by atoms with Crippen LogP contribution in [0.4, 0.5) is 13.2 Å². The predicted molar refractivity (Wildman–Crippen MR) is 67.5 cm³/mol. The summed E-state index contributed by atoms with van der Waals surface area (Å²) < 4.78 is 31.7. The summed E-state index contributed by atoms with van der Waals surface area (Å²) in [6.45, 7) is 2.26. The van der Waals surface area contributed by atoms with Gasteiger partial charge in [0.25, 0.3) is 0 Å². The van der Waals surface area contributed by atoms with Crippen molar-refractivity contribution in [2.45, 2.75) is 63.6 Å². The number of hydrogen-bond donors (Lipinski definition) is 1. The van der Waals surface area contributed by atoms with E-state index in [0.717, 1.165) is 12.3 Å². The van der Waals surface area contributed by atoms with E-state index in [2.05, 4.69) is 12.1 Å². The van der Waals surface area contributed by atoms with Crippen molar-refractivity contribution in [3.63, 3.8) is 0 Å². The van der Waals surface area contributed by atoms with Gasteiger partial charge >= 0.3 is 12.1 Å². The lowest BCUT2D eigenvalue weighted by atomic mass is 10.1. The van der Waals surface area contributed by atoms with Crippen LogP contribution in [0.3, 0.4) is 0 Å². The van der Waals surface area contributed by atoms with Crippen molar-refractivity contribution in [3.05, 3.63) is 0 Å². The molecular formula is C13H20F3NO3. The lowest BCUT2D eigenvalue weighted by Crippen LogP contribution is -2.21. The van der Waals surface area contributed by atoms with Crippen LogP contribution in [0.2, 0.25) is 0 Å². The topological polar surface area (TPSA) is 58.9 Å². The van der Waals surface area contributed by atoms with E-state index in [1.807, 2.05) is 6.21 Å². The number of nitrogens with zero attached hydrogens (tertiary/aromatic N) is 1. The number of hydrogen-bond acceptors (Lipinski definition) is 3. The van der Waals surface area contributed by atoms with Gasteiger partial charge in [-0.1, -0.05) is 37.8 Å². The van der Waals surface area contributed by atoms with E-state index in [4.69, 9.17) is 14.7 Å². The van der Waals surface area contributed by atoms with Gasteiger partial charge in [-0.3, -0.25) is 0 Å². The number of unbranched alkanes of at least 4 members (excludes halogenated alkanes) is 3. The van der Waals surface area contributed by atoms with Gasteiger partial charge in [0.1, 0.15) is 5.60 Å². The Morgan fingerprint density at radius 3 is 2.55 bits per heavy atom. The van der Waals surface area contributed by atoms with Gasteiger partial charge in [0.05, 0.1) is 0 Å². The van der Waals surface area contributed by atoms with Gasteiger partial charge in [-0.05, 0) is 12.8 Å². The molecule has 116 valence electrons. The number of carboxylic acids is 1. The lowest BCUT2D eigenvalue weighted by Gasteiger charge is -2.06. The number of aliphatic carboxylic acids is 1. The Balaban J connectivity index is 0.000000246. The van der Waals surface area contributed by atoms with Crippen LogP contribution >= 0.6 is 0 Å². The van der Waals surface area contributed by atoms with Gasteiger partial charge in [-0.2, -0.15) is 13.2 Å². The molecule has 20 heavy (non-hydrogen) atoms. The van der Waals surface area contributed by atoms with Crippen LogP contribution in [0.1, 0.15) is 51.9 Å². The normalized spacial score (nSPS) is 26.9. The molecule has 0 saturated heterocycles. The fourth-order valence-electron chi connectivity index (χ4n) is 2.27. The standard InChI is InChI=1S/C11H19NO.C2HF3O2/c1-2-3-4-5-6-10-9-11(10)7-8-12-13-11;3-2(4,5)1(6)7/h8,10H,2-7,9H2,1H3;(H,6,7). The Morgan fingerprint density at radius 1 is 1.45 bits per heavy atom. The molecule has 7 heteroatoms. The van der Waals surface area contributed by atoms with E-state index < -0.39 is 12.1 Å². The van der Waals surface area contributed by atoms with Crippen LogP contribution in [-0.2, 0) is 9.63 Å². The highest BCUT2D eigenvalue weighted by Crippen LogP contribution is 2.53. The Kier molecular flexibility index (Phi) is 5.83. The first kappa shape index (κ1) is 16.8. The number of carboxylic acid groups (broad SMARTS) is 1. The third-order valence-corrected chi connectivity index (χ3v) is 3.57. The molecule has 0 amide bonds. The summed E-state index contributed by atoms with van der Waals surface area (Å²) in [5.41, 5.74) is 0.187. The molecule has 1 N–H and O–H groups in total. The molecule has 1 aliphatic heterocycles. The molecule has 0 aromatic rings. The van der Waals surface area contributed by atoms with Gasteiger partial charge in [-0.15, -0.1) is 0 Å². The Labute approximate surface area is 116 Å². The molecule has 4 nitrogen and oxygen atoms in total. The first-order chi connectivity index (χ1) is 9.32. The van der Waals surface area contributed by atoms with Crippen molar-refractivity contribution >= 4 is 12.2 Å². The molecule has 1 saturated carbocycles. The fraction of sp³-hybridized carbons (Fsp3) is 0.846. The van der Waals surface area contributed by atoms with Crippen LogP contribution in [0.5, 0.6) is 0 Å². The molecule has 1 fully saturated rings. The molecule has 0 radical (unpaired) electrons. The minimum atomic E-state index is -5.08. The molecule has 0 aromatic heterocycles. The minimum absolute atomic E-state index is 0.187. The zero-order chi connectivity index (χ0) is 15.2. The Bertz CT molecular complexity index is 347. The Hall–Kier alpha value is -1.27. The predicted octanol–water partition coefficient (Wildman–Crippen LogP) is 3.75. The van der Waals surface area contributed by atoms with Crippen LogP contribution < -0.4 is 0 Å². The van der Waals surface area contributed by atoms with Crippen molar-refractivity contribution in [3.8, 4) is 0 Å². The molecule has 0 bridgehead atoms. The number of oxime groups is 1. The summed E-state index contributed by atoms with van der Waals surface area (Å²) in [6, 6.07) is 0. The quantitative estimate of drug-likeness (QED) is 0.786. The minimum Gasteiger partial charge on any atom is -0.475 e. The maximum absolute atomic E-state index is 10.6. The first-order valence-electron chi connectivity index (χ1n) is 6.82. The zero-order valence-corrected chi connectivity index (χ0v) is 11.4. The van der Waals surface area contributed by atoms with E-state index in [9.17, 15) is 13.2 Å². The molecule has 2 atom stereocenters. The van der Waals surface area contributed by atoms with E-state index in [-0.39, 0.29) is 5.60 Å². The highest BCUT2D eigenvalue weighted by atomic mass is 19.4. The van der Waals surface area contributed by atoms with Crippen molar-refractivity contribution in [2.24, 2.45) is 11.1 Å². The lowest BCUT2D eigenvalue weighted by molar-refractivity contribution is -0.192. The van der Waals surface area contributed by atoms with Crippen LogP contribution in [0, 0.1) is 5.92 Å². The second kappa shape index (κ2) is 6.95. The number of rotatable bonds is 5. The maximum Gasteiger partial charge on any atom is 0.490 e. The van der Waals surface area contributed by atoms with Gasteiger partial charge < -0.3 is 9.94 Å². The van der Waals surface area contributed by atoms with Crippen molar-refractivity contribution in [1.29, 1.82) is 0 Å². The third kappa shape index (κ3) is 5.02. The number of carbonyl (C=O) groups is 1. The smallest absolute Gasteiger partial charge is 0.475 e. The molecule has 0 aromatic carbocycles. The molecule has 1 heterocycles. The molecule has 1 aliphatic carbocycles. The second-order valence-corrected chi connectivity index (χ2v) is 5.20. The monoisotopic (exact) mass is 295 g/mol. The van der Waals surface area contributed by atoms with E-state index in [0.29, 0.717) is 0 Å². The van der Waals surface area contributed by atoms with Crippen LogP contribution in [0.25, 0.3) is 0 Å². The van der Waals surface area contributed by atoms with Crippen molar-refractivity contribution in [2.75, 3.05) is 0 Å². The average molecular weight is 295 g/mol. The summed E-state index contributed by atoms with van der Waals surface area (Å²) in [6.07, 6.45) is 5.99. The fourth-order valence-corrected chi connectivity index (χ4v) is 2.27. The summed E-state index contributed by atoms with van der Waals surface area (Å²) in [7, 11) is 0. The first-order valence-corrected chi connectivity index (χ1v) is 6.82. The summed E-state index contributed by atoms with van der Waals surface area (Å²) >= 11 is 0. The number of alkyl halides is 3. The molecule has 2 unspecified atom stereocenters. The van der Waals surface area contributed by atoms with Crippen LogP contribution in [0.15, 0.2) is 5.16 Å². The van der Waals surface area contributed by atoms with E-state index in [1.54, 1.807) is 0 Å². The summed E-state index contributed by atoms with van der Waals surface area (Å²) in [4.78, 5) is 14.3. The zero-order valence-electron chi connectivity index (χ0n) is 11.4. The van der Waals surface area contributed by atoms with Gasteiger partial charge in [0.2, 0.25) is 0 Å². The molecule has 2 aliphatic rings. The molecular weight excluding hydrogens is 275 g/mol. The summed E-state index contributed by atoms with van der Waals surface area (Å²) in [5.74, 6) is -1.95. The maximum atomic E-state index is 10.6. The van der Waals surface area contributed by atoms with E-state index in [1.165, 1.54) is 38.5 Å². The van der Waals surface area contributed by atoms with Gasteiger partial charge in [0, 0.05) is 18.6 Å². The van der Waals surface area contributed by atoms with Crippen molar-refractivity contribution in [1.82, 2.24) is 0 Å². The highest BCUT2D eigenvalue weighted by molar-refractivity contribution is 5.73. The van der Waals surface area contributed by atoms with Gasteiger partial charge in [-0.25, -0.2) is 4.79 Å². The van der Waals surface area contributed by atoms with Gasteiger partial charge in [0.15, 0.2) is 0 Å². The summed E-state index contributed by atoms with van der Waals surface area (Å²) in [5, 5.41) is 11.0. The van der Waals surface area contributed by atoms with Crippen molar-refractivity contribution < 1.29 is 27.9 Å². The van der Waals surface area contributed by atoms with Crippen LogP contribution in [-0.4, -0.2) is 29.1 Å². The average Bonchev–Trinajstić information content (AvgIpc) is 2.80. The SMILES string of the molecule is CCCCCCC1CC12CC=NO2.O=C(O)C(F)(F)F.